The third-order valence-corrected chi connectivity index (χ3v) is 5.59. The van der Waals surface area contributed by atoms with Gasteiger partial charge in [-0.1, -0.05) is 11.6 Å². The number of esters is 1. The number of carboxylic acids is 1. The van der Waals surface area contributed by atoms with Crippen LogP contribution in [0.4, 0.5) is 8.78 Å². The van der Waals surface area contributed by atoms with Crippen LogP contribution in [0.3, 0.4) is 0 Å². The van der Waals surface area contributed by atoms with Gasteiger partial charge in [0.2, 0.25) is 0 Å². The van der Waals surface area contributed by atoms with Gasteiger partial charge in [0.25, 0.3) is 0 Å². The number of hydrogen-bond donors (Lipinski definition) is 1. The molecular formula is C25H30F2NO5+. The van der Waals surface area contributed by atoms with Crippen LogP contribution >= 0.6 is 0 Å². The number of aromatic nitrogens is 1. The molecule has 8 heteroatoms. The molecular weight excluding hydrogens is 432 g/mol. The highest BCUT2D eigenvalue weighted by Crippen LogP contribution is 2.31. The second-order valence-electron chi connectivity index (χ2n) is 9.40. The van der Waals surface area contributed by atoms with E-state index >= 15 is 0 Å². The number of carbonyl (C=O) groups excluding carboxylic acids is 1. The first-order valence-electron chi connectivity index (χ1n) is 11.1. The van der Waals surface area contributed by atoms with Gasteiger partial charge >= 0.3 is 18.6 Å². The van der Waals surface area contributed by atoms with Crippen molar-refractivity contribution in [3.8, 4) is 5.75 Å². The number of ether oxygens (including phenoxy) is 2. The van der Waals surface area contributed by atoms with E-state index in [4.69, 9.17) is 4.74 Å². The Morgan fingerprint density at radius 1 is 1.21 bits per heavy atom. The molecule has 1 fully saturated rings. The molecule has 33 heavy (non-hydrogen) atoms. The average molecular weight is 463 g/mol. The molecule has 1 atom stereocenters. The number of nitrogens with zero attached hydrogens (tertiary/aromatic N) is 1. The number of alkyl halides is 2. The molecule has 3 rings (SSSR count). The predicted molar refractivity (Wildman–Crippen MR) is 118 cm³/mol. The standard InChI is InChI=1S/C25H29F2NO5/c1-25(2,3)33-21(29)13-16-5-4-6-17(8-7-16)14-28-12-11-18-9-10-19(23(30)31)22(20(18)15-28)32-24(26)27/h9-13,15,17,24H,4-8,14H2,1-3H3/p+1/b16-13-. The number of allylic oxidation sites excluding steroid dienone is 1. The number of rotatable bonds is 6. The smallest absolute Gasteiger partial charge is 0.387 e. The van der Waals surface area contributed by atoms with Crippen LogP contribution in [0.2, 0.25) is 0 Å². The van der Waals surface area contributed by atoms with Crippen molar-refractivity contribution in [3.05, 3.63) is 47.8 Å². The van der Waals surface area contributed by atoms with Crippen LogP contribution in [0.1, 0.15) is 63.2 Å². The maximum Gasteiger partial charge on any atom is 0.387 e. The molecule has 1 saturated carbocycles. The number of fused-ring (bicyclic) bond motifs is 1. The van der Waals surface area contributed by atoms with Crippen molar-refractivity contribution >= 4 is 22.7 Å². The van der Waals surface area contributed by atoms with Crippen molar-refractivity contribution in [3.63, 3.8) is 0 Å². The minimum Gasteiger partial charge on any atom is -0.478 e. The van der Waals surface area contributed by atoms with E-state index in [0.717, 1.165) is 37.7 Å². The number of benzene rings is 1. The van der Waals surface area contributed by atoms with Gasteiger partial charge in [0.15, 0.2) is 24.7 Å². The molecule has 1 heterocycles. The summed E-state index contributed by atoms with van der Waals surface area (Å²) in [6.45, 7) is 3.04. The first-order valence-corrected chi connectivity index (χ1v) is 11.1. The van der Waals surface area contributed by atoms with Crippen molar-refractivity contribution in [2.75, 3.05) is 0 Å². The van der Waals surface area contributed by atoms with Crippen molar-refractivity contribution in [2.45, 2.75) is 71.6 Å². The second kappa shape index (κ2) is 10.3. The van der Waals surface area contributed by atoms with Gasteiger partial charge in [-0.3, -0.25) is 0 Å². The second-order valence-corrected chi connectivity index (χ2v) is 9.40. The van der Waals surface area contributed by atoms with Crippen molar-refractivity contribution in [2.24, 2.45) is 5.92 Å². The van der Waals surface area contributed by atoms with Crippen LogP contribution in [0.25, 0.3) is 10.8 Å². The Balaban J connectivity index is 1.76. The van der Waals surface area contributed by atoms with Crippen LogP contribution in [0.5, 0.6) is 5.75 Å². The highest BCUT2D eigenvalue weighted by atomic mass is 19.3. The van der Waals surface area contributed by atoms with Crippen molar-refractivity contribution in [1.82, 2.24) is 0 Å². The molecule has 0 saturated heterocycles. The summed E-state index contributed by atoms with van der Waals surface area (Å²) in [5.74, 6) is -1.64. The zero-order valence-electron chi connectivity index (χ0n) is 19.1. The summed E-state index contributed by atoms with van der Waals surface area (Å²) in [6, 6.07) is 4.63. The van der Waals surface area contributed by atoms with Gasteiger partial charge in [0.05, 0.1) is 5.39 Å². The van der Waals surface area contributed by atoms with E-state index < -0.39 is 18.2 Å². The maximum absolute atomic E-state index is 13.0. The molecule has 0 aliphatic heterocycles. The van der Waals surface area contributed by atoms with Gasteiger partial charge in [0.1, 0.15) is 11.2 Å². The van der Waals surface area contributed by atoms with Crippen molar-refractivity contribution in [1.29, 1.82) is 0 Å². The van der Waals surface area contributed by atoms with Crippen molar-refractivity contribution < 1.29 is 37.5 Å². The molecule has 1 aliphatic rings. The molecule has 1 aromatic carbocycles. The zero-order valence-corrected chi connectivity index (χ0v) is 19.1. The Morgan fingerprint density at radius 3 is 2.64 bits per heavy atom. The quantitative estimate of drug-likeness (QED) is 0.274. The Morgan fingerprint density at radius 2 is 1.97 bits per heavy atom. The summed E-state index contributed by atoms with van der Waals surface area (Å²) in [7, 11) is 0. The molecule has 0 spiro atoms. The van der Waals surface area contributed by atoms with Gasteiger partial charge in [-0.25, -0.2) is 14.2 Å². The molecule has 1 unspecified atom stereocenters. The Labute approximate surface area is 191 Å². The molecule has 2 aromatic rings. The van der Waals surface area contributed by atoms with Crippen LogP contribution < -0.4 is 9.30 Å². The molecule has 0 amide bonds. The van der Waals surface area contributed by atoms with E-state index in [-0.39, 0.29) is 17.3 Å². The van der Waals surface area contributed by atoms with Gasteiger partial charge in [-0.15, -0.1) is 0 Å². The fourth-order valence-electron chi connectivity index (χ4n) is 4.18. The summed E-state index contributed by atoms with van der Waals surface area (Å²) in [4.78, 5) is 23.6. The lowest BCUT2D eigenvalue weighted by Crippen LogP contribution is -2.36. The van der Waals surface area contributed by atoms with E-state index in [1.165, 1.54) is 6.07 Å². The lowest BCUT2D eigenvalue weighted by Gasteiger charge is -2.18. The largest absolute Gasteiger partial charge is 0.478 e. The average Bonchev–Trinajstić information content (AvgIpc) is 2.91. The summed E-state index contributed by atoms with van der Waals surface area (Å²) in [5, 5.41) is 10.3. The summed E-state index contributed by atoms with van der Waals surface area (Å²) in [6.07, 6.45) is 9.56. The van der Waals surface area contributed by atoms with Gasteiger partial charge in [-0.2, -0.15) is 8.78 Å². The van der Waals surface area contributed by atoms with E-state index in [1.807, 2.05) is 31.5 Å². The number of pyridine rings is 1. The normalized spacial score (nSPS) is 18.4. The van der Waals surface area contributed by atoms with Gasteiger partial charge in [0, 0.05) is 18.1 Å². The molecule has 1 aliphatic carbocycles. The van der Waals surface area contributed by atoms with E-state index in [2.05, 4.69) is 4.74 Å². The number of halogens is 2. The summed E-state index contributed by atoms with van der Waals surface area (Å²) < 4.78 is 37.8. The Kier molecular flexibility index (Phi) is 7.66. The highest BCUT2D eigenvalue weighted by molar-refractivity contribution is 6.00. The van der Waals surface area contributed by atoms with Gasteiger partial charge < -0.3 is 14.6 Å². The van der Waals surface area contributed by atoms with Crippen LogP contribution in [0, 0.1) is 5.92 Å². The molecule has 0 bridgehead atoms. The number of aromatic carboxylic acids is 1. The fourth-order valence-corrected chi connectivity index (χ4v) is 4.18. The zero-order chi connectivity index (χ0) is 24.2. The SMILES string of the molecule is CC(C)(C)OC(=O)/C=C1/CCCC(C[n+]2ccc3ccc(C(=O)O)c(OC(F)F)c3c2)CC1. The topological polar surface area (TPSA) is 76.7 Å². The van der Waals surface area contributed by atoms with E-state index in [9.17, 15) is 23.5 Å². The molecule has 0 radical (unpaired) electrons. The van der Waals surface area contributed by atoms with E-state index in [1.54, 1.807) is 24.4 Å². The highest BCUT2D eigenvalue weighted by Gasteiger charge is 2.23. The van der Waals surface area contributed by atoms with Crippen LogP contribution in [-0.4, -0.2) is 29.3 Å². The fraction of sp³-hybridized carbons (Fsp3) is 0.480. The van der Waals surface area contributed by atoms with Gasteiger partial charge in [-0.05, 0) is 64.3 Å². The minimum absolute atomic E-state index is 0.299. The first kappa shape index (κ1) is 24.6. The third-order valence-electron chi connectivity index (χ3n) is 5.59. The van der Waals surface area contributed by atoms with E-state index in [0.29, 0.717) is 23.2 Å². The minimum atomic E-state index is -3.13. The number of carboxylic acid groups (broad SMARTS) is 1. The molecule has 1 aromatic heterocycles. The first-order chi connectivity index (χ1) is 15.5. The molecule has 6 nitrogen and oxygen atoms in total. The lowest BCUT2D eigenvalue weighted by molar-refractivity contribution is -0.702. The van der Waals surface area contributed by atoms with Crippen LogP contribution in [-0.2, 0) is 16.1 Å². The third kappa shape index (κ3) is 6.97. The number of hydrogen-bond acceptors (Lipinski definition) is 4. The Bertz CT molecular complexity index is 1060. The maximum atomic E-state index is 13.0. The Hall–Kier alpha value is -3.03. The lowest BCUT2D eigenvalue weighted by atomic mass is 9.99. The van der Waals surface area contributed by atoms with Crippen LogP contribution in [0.15, 0.2) is 42.2 Å². The molecule has 1 N–H and O–H groups in total. The number of carbonyl (C=O) groups is 2. The summed E-state index contributed by atoms with van der Waals surface area (Å²) in [5.41, 5.74) is 0.252. The summed E-state index contributed by atoms with van der Waals surface area (Å²) >= 11 is 0. The predicted octanol–water partition coefficient (Wildman–Crippen LogP) is 5.28. The molecule has 178 valence electrons. The monoisotopic (exact) mass is 462 g/mol.